The molecule has 6 heteroatoms. The monoisotopic (exact) mass is 385 g/mol. The van der Waals surface area contributed by atoms with Gasteiger partial charge in [-0.25, -0.2) is 4.98 Å². The Kier molecular flexibility index (Phi) is 7.66. The summed E-state index contributed by atoms with van der Waals surface area (Å²) in [7, 11) is 0. The molecule has 5 nitrogen and oxygen atoms in total. The van der Waals surface area contributed by atoms with Crippen LogP contribution >= 0.6 is 11.3 Å². The molecule has 1 aliphatic rings. The Labute approximate surface area is 166 Å². The molecule has 146 valence electrons. The molecule has 1 fully saturated rings. The molecular formula is C21H31N5S. The van der Waals surface area contributed by atoms with Gasteiger partial charge in [-0.2, -0.15) is 0 Å². The number of piperidine rings is 1. The van der Waals surface area contributed by atoms with E-state index in [2.05, 4.69) is 64.7 Å². The van der Waals surface area contributed by atoms with Gasteiger partial charge in [0.15, 0.2) is 5.96 Å². The van der Waals surface area contributed by atoms with Gasteiger partial charge in [0.2, 0.25) is 0 Å². The maximum absolute atomic E-state index is 4.75. The van der Waals surface area contributed by atoms with E-state index >= 15 is 0 Å². The van der Waals surface area contributed by atoms with Gasteiger partial charge in [0.25, 0.3) is 0 Å². The third-order valence-electron chi connectivity index (χ3n) is 4.79. The number of hydrogen-bond donors (Lipinski definition) is 2. The number of nitrogens with zero attached hydrogens (tertiary/aromatic N) is 3. The summed E-state index contributed by atoms with van der Waals surface area (Å²) in [4.78, 5) is 13.0. The number of aryl methyl sites for hydroxylation is 1. The molecule has 2 N–H and O–H groups in total. The van der Waals surface area contributed by atoms with Crippen molar-refractivity contribution in [2.75, 3.05) is 26.2 Å². The number of thiazole rings is 1. The highest BCUT2D eigenvalue weighted by Crippen LogP contribution is 2.14. The topological polar surface area (TPSA) is 52.6 Å². The third-order valence-corrected chi connectivity index (χ3v) is 5.76. The van der Waals surface area contributed by atoms with Gasteiger partial charge in [0.05, 0.1) is 5.01 Å². The molecule has 2 aromatic rings. The molecule has 1 aromatic heterocycles. The van der Waals surface area contributed by atoms with E-state index in [9.17, 15) is 0 Å². The second kappa shape index (κ2) is 10.4. The standard InChI is InChI=1S/C21H31N5S/c1-3-22-21(23-12-9-20-24-15-17(2)27-20)25-19-10-13-26(14-11-19)16-18-7-5-4-6-8-18/h4-8,15,19H,3,9-14,16H2,1-2H3,(H2,22,23,25). The van der Waals surface area contributed by atoms with E-state index in [1.807, 2.05) is 6.20 Å². The minimum atomic E-state index is 0.497. The Morgan fingerprint density at radius 1 is 1.26 bits per heavy atom. The first kappa shape index (κ1) is 19.8. The van der Waals surface area contributed by atoms with Crippen molar-refractivity contribution in [2.24, 2.45) is 4.99 Å². The van der Waals surface area contributed by atoms with E-state index < -0.39 is 0 Å². The van der Waals surface area contributed by atoms with Crippen molar-refractivity contribution in [3.8, 4) is 0 Å². The second-order valence-electron chi connectivity index (χ2n) is 7.06. The molecule has 3 rings (SSSR count). The zero-order valence-electron chi connectivity index (χ0n) is 16.4. The Balaban J connectivity index is 1.43. The fourth-order valence-corrected chi connectivity index (χ4v) is 4.15. The van der Waals surface area contributed by atoms with Gasteiger partial charge < -0.3 is 10.6 Å². The lowest BCUT2D eigenvalue weighted by atomic mass is 10.0. The van der Waals surface area contributed by atoms with Gasteiger partial charge in [-0.05, 0) is 32.3 Å². The maximum atomic E-state index is 4.75. The zero-order valence-corrected chi connectivity index (χ0v) is 17.3. The van der Waals surface area contributed by atoms with Crippen LogP contribution < -0.4 is 10.6 Å². The van der Waals surface area contributed by atoms with Crippen LogP contribution in [0, 0.1) is 6.92 Å². The number of hydrogen-bond acceptors (Lipinski definition) is 4. The van der Waals surface area contributed by atoms with Gasteiger partial charge in [0.1, 0.15) is 0 Å². The van der Waals surface area contributed by atoms with Crippen molar-refractivity contribution in [2.45, 2.75) is 45.7 Å². The first-order valence-corrected chi connectivity index (χ1v) is 10.8. The number of nitrogens with one attached hydrogen (secondary N) is 2. The Morgan fingerprint density at radius 2 is 2.04 bits per heavy atom. The third kappa shape index (κ3) is 6.63. The Morgan fingerprint density at radius 3 is 2.70 bits per heavy atom. The van der Waals surface area contributed by atoms with Crippen molar-refractivity contribution >= 4 is 17.3 Å². The summed E-state index contributed by atoms with van der Waals surface area (Å²) in [6, 6.07) is 11.2. The van der Waals surface area contributed by atoms with Crippen LogP contribution in [0.2, 0.25) is 0 Å². The quantitative estimate of drug-likeness (QED) is 0.568. The first-order chi connectivity index (χ1) is 13.2. The number of aromatic nitrogens is 1. The van der Waals surface area contributed by atoms with Crippen LogP contribution in [0.5, 0.6) is 0 Å². The Bertz CT molecular complexity index is 704. The highest BCUT2D eigenvalue weighted by molar-refractivity contribution is 7.11. The van der Waals surface area contributed by atoms with Crippen molar-refractivity contribution in [1.29, 1.82) is 0 Å². The van der Waals surface area contributed by atoms with Gasteiger partial charge in [-0.3, -0.25) is 9.89 Å². The maximum Gasteiger partial charge on any atom is 0.191 e. The highest BCUT2D eigenvalue weighted by Gasteiger charge is 2.20. The normalized spacial score (nSPS) is 16.4. The van der Waals surface area contributed by atoms with Crippen LogP contribution in [0.15, 0.2) is 41.5 Å². The second-order valence-corrected chi connectivity index (χ2v) is 8.37. The van der Waals surface area contributed by atoms with Gasteiger partial charge in [-0.1, -0.05) is 30.3 Å². The molecule has 0 amide bonds. The van der Waals surface area contributed by atoms with E-state index in [-0.39, 0.29) is 0 Å². The fourth-order valence-electron chi connectivity index (χ4n) is 3.37. The average molecular weight is 386 g/mol. The predicted octanol–water partition coefficient (Wildman–Crippen LogP) is 3.21. The summed E-state index contributed by atoms with van der Waals surface area (Å²) in [6.45, 7) is 9.18. The highest BCUT2D eigenvalue weighted by atomic mass is 32.1. The summed E-state index contributed by atoms with van der Waals surface area (Å²) >= 11 is 1.76. The van der Waals surface area contributed by atoms with E-state index in [1.165, 1.54) is 15.4 Å². The van der Waals surface area contributed by atoms with E-state index in [4.69, 9.17) is 4.99 Å². The van der Waals surface area contributed by atoms with E-state index in [0.717, 1.165) is 57.9 Å². The smallest absolute Gasteiger partial charge is 0.191 e. The summed E-state index contributed by atoms with van der Waals surface area (Å²) in [5, 5.41) is 8.18. The minimum Gasteiger partial charge on any atom is -0.357 e. The summed E-state index contributed by atoms with van der Waals surface area (Å²) in [6.07, 6.45) is 5.16. The average Bonchev–Trinajstić information content (AvgIpc) is 3.09. The number of likely N-dealkylation sites (tertiary alicyclic amines) is 1. The molecule has 1 aliphatic heterocycles. The van der Waals surface area contributed by atoms with Crippen molar-refractivity contribution in [1.82, 2.24) is 20.5 Å². The number of aliphatic imine (C=N–C) groups is 1. The number of rotatable bonds is 7. The van der Waals surface area contributed by atoms with E-state index in [1.54, 1.807) is 11.3 Å². The van der Waals surface area contributed by atoms with Crippen LogP contribution in [0.1, 0.15) is 35.2 Å². The van der Waals surface area contributed by atoms with Gasteiger partial charge in [0, 0.05) is 56.3 Å². The van der Waals surface area contributed by atoms with Crippen LogP contribution in [-0.4, -0.2) is 48.1 Å². The molecule has 0 saturated carbocycles. The summed E-state index contributed by atoms with van der Waals surface area (Å²) in [5.74, 6) is 0.937. The summed E-state index contributed by atoms with van der Waals surface area (Å²) in [5.41, 5.74) is 1.40. The molecular weight excluding hydrogens is 354 g/mol. The number of guanidine groups is 1. The lowest BCUT2D eigenvalue weighted by Gasteiger charge is -2.33. The molecule has 0 unspecified atom stereocenters. The molecule has 2 heterocycles. The largest absolute Gasteiger partial charge is 0.357 e. The molecule has 1 saturated heterocycles. The first-order valence-electron chi connectivity index (χ1n) is 9.95. The lowest BCUT2D eigenvalue weighted by molar-refractivity contribution is 0.198. The van der Waals surface area contributed by atoms with Crippen LogP contribution in [-0.2, 0) is 13.0 Å². The van der Waals surface area contributed by atoms with Gasteiger partial charge >= 0.3 is 0 Å². The zero-order chi connectivity index (χ0) is 18.9. The number of benzene rings is 1. The van der Waals surface area contributed by atoms with E-state index in [0.29, 0.717) is 6.04 Å². The van der Waals surface area contributed by atoms with Crippen LogP contribution in [0.3, 0.4) is 0 Å². The fraction of sp³-hybridized carbons (Fsp3) is 0.524. The van der Waals surface area contributed by atoms with Gasteiger partial charge in [-0.15, -0.1) is 11.3 Å². The van der Waals surface area contributed by atoms with Crippen molar-refractivity contribution in [3.05, 3.63) is 52.0 Å². The molecule has 0 aliphatic carbocycles. The minimum absolute atomic E-state index is 0.497. The van der Waals surface area contributed by atoms with Crippen LogP contribution in [0.25, 0.3) is 0 Å². The lowest BCUT2D eigenvalue weighted by Crippen LogP contribution is -2.48. The predicted molar refractivity (Wildman–Crippen MR) is 114 cm³/mol. The van der Waals surface area contributed by atoms with Crippen molar-refractivity contribution in [3.63, 3.8) is 0 Å². The Hall–Kier alpha value is -1.92. The molecule has 0 spiro atoms. The molecule has 0 bridgehead atoms. The summed E-state index contributed by atoms with van der Waals surface area (Å²) < 4.78 is 0. The molecule has 0 atom stereocenters. The van der Waals surface area contributed by atoms with Crippen molar-refractivity contribution < 1.29 is 0 Å². The molecule has 27 heavy (non-hydrogen) atoms. The van der Waals surface area contributed by atoms with Crippen LogP contribution in [0.4, 0.5) is 0 Å². The SMILES string of the molecule is CCNC(=NCCc1ncc(C)s1)NC1CCN(Cc2ccccc2)CC1. The molecule has 1 aromatic carbocycles. The molecule has 0 radical (unpaired) electrons.